The summed E-state index contributed by atoms with van der Waals surface area (Å²) in [5, 5.41) is 25.1. The molecule has 0 radical (unpaired) electrons. The molecule has 3 heterocycles. The molecule has 4 aliphatic rings. The number of imide groups is 1. The molecule has 0 aromatic heterocycles. The van der Waals surface area contributed by atoms with Crippen molar-refractivity contribution in [3.8, 4) is 17.6 Å². The molecule has 0 unspecified atom stereocenters. The number of aromatic hydroxyl groups is 1. The van der Waals surface area contributed by atoms with E-state index in [2.05, 4.69) is 23.7 Å². The predicted molar refractivity (Wildman–Crippen MR) is 226 cm³/mol. The van der Waals surface area contributed by atoms with Crippen LogP contribution in [0.3, 0.4) is 0 Å². The number of carbonyl (C=O) groups is 4. The lowest BCUT2D eigenvalue weighted by atomic mass is 9.65. The van der Waals surface area contributed by atoms with Gasteiger partial charge in [-0.05, 0) is 78.3 Å². The monoisotopic (exact) mass is 823 g/mol. The lowest BCUT2D eigenvalue weighted by molar-refractivity contribution is -0.178. The Hall–Kier alpha value is -6.26. The minimum Gasteiger partial charge on any atom is -0.508 e. The molecule has 3 amide bonds. The first-order valence-corrected chi connectivity index (χ1v) is 20.8. The summed E-state index contributed by atoms with van der Waals surface area (Å²) in [4.78, 5) is 63.3. The number of nitrogens with zero attached hydrogens (tertiary/aromatic N) is 2. The van der Waals surface area contributed by atoms with Gasteiger partial charge in [0.2, 0.25) is 11.8 Å². The average molecular weight is 824 g/mol. The van der Waals surface area contributed by atoms with E-state index in [4.69, 9.17) is 14.2 Å². The maximum atomic E-state index is 16.0. The molecular weight excluding hydrogens is 775 g/mol. The number of hydrogen-bond donors (Lipinski definition) is 3. The Kier molecular flexibility index (Phi) is 11.8. The number of cyclic esters (lactones) is 1. The zero-order valence-electron chi connectivity index (χ0n) is 34.0. The van der Waals surface area contributed by atoms with E-state index in [0.29, 0.717) is 29.5 Å². The number of nitrogens with one attached hydrogen (secondary N) is 1. The number of morpholine rings is 1. The summed E-state index contributed by atoms with van der Waals surface area (Å²) in [6, 6.07) is 26.7. The van der Waals surface area contributed by atoms with Crippen LogP contribution in [0, 0.1) is 17.8 Å². The van der Waals surface area contributed by atoms with Crippen molar-refractivity contribution < 1.29 is 43.6 Å². The van der Waals surface area contributed by atoms with Crippen molar-refractivity contribution in [2.75, 3.05) is 31.8 Å². The quantitative estimate of drug-likeness (QED) is 0.0555. The van der Waals surface area contributed by atoms with Crippen molar-refractivity contribution in [2.45, 2.75) is 73.8 Å². The zero-order valence-corrected chi connectivity index (χ0v) is 34.0. The predicted octanol–water partition coefficient (Wildman–Crippen LogP) is 6.58. The third-order valence-electron chi connectivity index (χ3n) is 12.4. The number of anilines is 1. The van der Waals surface area contributed by atoms with Crippen LogP contribution in [0.1, 0.15) is 84.5 Å². The average Bonchev–Trinajstić information content (AvgIpc) is 3.61. The van der Waals surface area contributed by atoms with Gasteiger partial charge >= 0.3 is 12.1 Å². The fourth-order valence-electron chi connectivity index (χ4n) is 9.81. The minimum absolute atomic E-state index is 0.0136. The number of fused-ring (bicyclic) bond motifs is 3. The number of amides is 3. The second-order valence-corrected chi connectivity index (χ2v) is 16.1. The first-order valence-electron chi connectivity index (χ1n) is 20.8. The van der Waals surface area contributed by atoms with Gasteiger partial charge in [-0.2, -0.15) is 0 Å². The SMILES string of the molecule is C=CCNC(=O)[C@H]1[C@@H]2C(=O)O[C@@H](c3ccccc3)[C@@H](c3ccccc3)N2[C@@H](c2ccc(O)cc2)[C@]12C(=O)N(C(=O)OCCOC)c1ccc(C#CC3(O)CCCCCC3)cc12. The molecule has 0 bridgehead atoms. The van der Waals surface area contributed by atoms with Crippen molar-refractivity contribution in [3.63, 3.8) is 0 Å². The molecule has 1 spiro atoms. The molecule has 12 nitrogen and oxygen atoms in total. The summed E-state index contributed by atoms with van der Waals surface area (Å²) in [6.45, 7) is 3.71. The van der Waals surface area contributed by atoms with E-state index in [9.17, 15) is 15.0 Å². The Labute approximate surface area is 355 Å². The van der Waals surface area contributed by atoms with E-state index in [1.807, 2.05) is 65.6 Å². The molecular formula is C49H49N3O9. The number of methoxy groups -OCH3 is 1. The molecule has 314 valence electrons. The highest BCUT2D eigenvalue weighted by atomic mass is 16.6. The molecule has 1 saturated carbocycles. The lowest BCUT2D eigenvalue weighted by Gasteiger charge is -2.46. The number of esters is 1. The highest BCUT2D eigenvalue weighted by Gasteiger charge is 2.75. The Bertz CT molecular complexity index is 2350. The fourth-order valence-corrected chi connectivity index (χ4v) is 9.81. The number of ether oxygens (including phenoxy) is 3. The third kappa shape index (κ3) is 7.47. The Morgan fingerprint density at radius 1 is 0.885 bits per heavy atom. The largest absolute Gasteiger partial charge is 0.508 e. The second-order valence-electron chi connectivity index (χ2n) is 16.1. The maximum Gasteiger partial charge on any atom is 0.421 e. The summed E-state index contributed by atoms with van der Waals surface area (Å²) in [7, 11) is 1.46. The van der Waals surface area contributed by atoms with E-state index in [-0.39, 0.29) is 36.8 Å². The zero-order chi connectivity index (χ0) is 42.7. The van der Waals surface area contributed by atoms with Gasteiger partial charge in [-0.3, -0.25) is 19.3 Å². The van der Waals surface area contributed by atoms with Crippen molar-refractivity contribution in [2.24, 2.45) is 5.92 Å². The van der Waals surface area contributed by atoms with Crippen LogP contribution in [0.2, 0.25) is 0 Å². The maximum absolute atomic E-state index is 16.0. The highest BCUT2D eigenvalue weighted by Crippen LogP contribution is 2.66. The van der Waals surface area contributed by atoms with Gasteiger partial charge in [-0.15, -0.1) is 6.58 Å². The normalized spacial score (nSPS) is 25.3. The van der Waals surface area contributed by atoms with Crippen LogP contribution in [0.25, 0.3) is 0 Å². The van der Waals surface area contributed by atoms with Crippen LogP contribution in [0.15, 0.2) is 116 Å². The summed E-state index contributed by atoms with van der Waals surface area (Å²) >= 11 is 0. The Morgan fingerprint density at radius 3 is 2.21 bits per heavy atom. The number of carbonyl (C=O) groups excluding carboxylic acids is 4. The summed E-state index contributed by atoms with van der Waals surface area (Å²) < 4.78 is 17.2. The number of hydrogen-bond acceptors (Lipinski definition) is 10. The van der Waals surface area contributed by atoms with Crippen LogP contribution in [-0.4, -0.2) is 77.5 Å². The summed E-state index contributed by atoms with van der Waals surface area (Å²) in [5.41, 5.74) is -0.450. The van der Waals surface area contributed by atoms with Gasteiger partial charge in [0.25, 0.3) is 0 Å². The molecule has 12 heteroatoms. The molecule has 4 aromatic rings. The second kappa shape index (κ2) is 17.4. The van der Waals surface area contributed by atoms with E-state index in [1.54, 1.807) is 30.3 Å². The van der Waals surface area contributed by atoms with Crippen molar-refractivity contribution in [1.29, 1.82) is 0 Å². The first kappa shape index (κ1) is 41.5. The first-order chi connectivity index (χ1) is 29.6. The topological polar surface area (TPSA) is 155 Å². The Balaban J connectivity index is 1.43. The van der Waals surface area contributed by atoms with E-state index >= 15 is 14.4 Å². The molecule has 61 heavy (non-hydrogen) atoms. The molecule has 1 aliphatic carbocycles. The van der Waals surface area contributed by atoms with Gasteiger partial charge in [0.05, 0.1) is 30.3 Å². The van der Waals surface area contributed by atoms with Gasteiger partial charge in [0.15, 0.2) is 0 Å². The standard InChI is InChI=1S/C49H49N3O9/c1-3-28-50-44(54)39-41-45(55)61-42(34-16-10-7-11-17-34)40(33-14-8-6-9-15-33)52(41)43(35-19-21-36(53)22-20-35)49(39)37-31-32(24-27-48(58)25-12-4-5-13-26-48)18-23-38(37)51(46(49)56)47(57)60-30-29-59-2/h3,6-11,14-23,31,39-43,53,58H,1,4-5,12-13,25-26,28-30H2,2H3,(H,50,54)/t39-,40-,41-,42+,43+,49-/m1/s1. The van der Waals surface area contributed by atoms with Gasteiger partial charge in [-0.1, -0.05) is 104 Å². The Morgan fingerprint density at radius 2 is 1.56 bits per heavy atom. The molecule has 3 fully saturated rings. The molecule has 3 aliphatic heterocycles. The van der Waals surface area contributed by atoms with Gasteiger partial charge < -0.3 is 29.7 Å². The van der Waals surface area contributed by atoms with Crippen molar-refractivity contribution in [3.05, 3.63) is 144 Å². The van der Waals surface area contributed by atoms with Crippen LogP contribution in [-0.2, 0) is 34.0 Å². The number of aliphatic hydroxyl groups is 1. The summed E-state index contributed by atoms with van der Waals surface area (Å²) in [6.07, 6.45) is 4.34. The van der Waals surface area contributed by atoms with Crippen molar-refractivity contribution >= 4 is 29.6 Å². The highest BCUT2D eigenvalue weighted by molar-refractivity contribution is 6.23. The number of rotatable bonds is 9. The smallest absolute Gasteiger partial charge is 0.421 e. The molecule has 6 atom stereocenters. The van der Waals surface area contributed by atoms with E-state index in [1.165, 1.54) is 25.3 Å². The number of benzene rings is 4. The van der Waals surface area contributed by atoms with Gasteiger partial charge in [0.1, 0.15) is 35.5 Å². The van der Waals surface area contributed by atoms with E-state index in [0.717, 1.165) is 36.1 Å². The molecule has 4 aromatic carbocycles. The summed E-state index contributed by atoms with van der Waals surface area (Å²) in [5.74, 6) is 2.60. The van der Waals surface area contributed by atoms with Crippen molar-refractivity contribution in [1.82, 2.24) is 10.2 Å². The number of phenolic OH excluding ortho intramolecular Hbond substituents is 1. The van der Waals surface area contributed by atoms with Crippen LogP contribution < -0.4 is 10.2 Å². The minimum atomic E-state index is -2.02. The number of phenols is 1. The van der Waals surface area contributed by atoms with Gasteiger partial charge in [-0.25, -0.2) is 9.69 Å². The van der Waals surface area contributed by atoms with Crippen LogP contribution in [0.5, 0.6) is 5.75 Å². The molecule has 8 rings (SSSR count). The lowest BCUT2D eigenvalue weighted by Crippen LogP contribution is -2.55. The van der Waals surface area contributed by atoms with E-state index < -0.39 is 65.0 Å². The van der Waals surface area contributed by atoms with Gasteiger partial charge in [0, 0.05) is 19.2 Å². The molecule has 3 N–H and O–H groups in total. The molecule has 2 saturated heterocycles. The van der Waals surface area contributed by atoms with Crippen LogP contribution >= 0.6 is 0 Å². The van der Waals surface area contributed by atoms with Crippen LogP contribution in [0.4, 0.5) is 10.5 Å². The fraction of sp³-hybridized carbons (Fsp3) is 0.347. The third-order valence-corrected chi connectivity index (χ3v) is 12.4.